The van der Waals surface area contributed by atoms with Gasteiger partial charge in [-0.05, 0) is 54.4 Å². The summed E-state index contributed by atoms with van der Waals surface area (Å²) in [6, 6.07) is 21.7. The van der Waals surface area contributed by atoms with E-state index in [0.717, 1.165) is 39.6 Å². The fraction of sp³-hybridized carbons (Fsp3) is 0.0870. The summed E-state index contributed by atoms with van der Waals surface area (Å²) < 4.78 is 2.02. The van der Waals surface area contributed by atoms with Crippen LogP contribution < -0.4 is 5.32 Å². The van der Waals surface area contributed by atoms with Gasteiger partial charge in [-0.25, -0.2) is 4.98 Å². The Morgan fingerprint density at radius 2 is 1.90 bits per heavy atom. The Morgan fingerprint density at radius 3 is 2.79 bits per heavy atom. The molecule has 5 rings (SSSR count). The average Bonchev–Trinajstić information content (AvgIpc) is 3.40. The number of rotatable bonds is 5. The summed E-state index contributed by atoms with van der Waals surface area (Å²) in [5, 5.41) is 11.1. The predicted octanol–water partition coefficient (Wildman–Crippen LogP) is 3.87. The molecule has 5 aromatic rings. The van der Waals surface area contributed by atoms with Crippen LogP contribution in [0.4, 0.5) is 0 Å². The normalized spacial score (nSPS) is 11.2. The van der Waals surface area contributed by atoms with Crippen LogP contribution in [0.15, 0.2) is 79.3 Å². The van der Waals surface area contributed by atoms with Crippen molar-refractivity contribution in [2.75, 3.05) is 6.54 Å². The lowest BCUT2D eigenvalue weighted by molar-refractivity contribution is 0.0954. The summed E-state index contributed by atoms with van der Waals surface area (Å²) in [6.07, 6.45) is 4.37. The van der Waals surface area contributed by atoms with Gasteiger partial charge in [0.05, 0.1) is 22.7 Å². The molecule has 0 aliphatic carbocycles. The van der Waals surface area contributed by atoms with E-state index in [9.17, 15) is 4.79 Å². The Labute approximate surface area is 167 Å². The van der Waals surface area contributed by atoms with E-state index in [2.05, 4.69) is 32.6 Å². The minimum Gasteiger partial charge on any atom is -0.352 e. The molecule has 29 heavy (non-hydrogen) atoms. The van der Waals surface area contributed by atoms with Gasteiger partial charge in [-0.3, -0.25) is 14.5 Å². The first-order valence-electron chi connectivity index (χ1n) is 9.51. The number of aromatic nitrogens is 4. The summed E-state index contributed by atoms with van der Waals surface area (Å²) in [6.45, 7) is 0.576. The molecule has 0 saturated carbocycles. The van der Waals surface area contributed by atoms with Gasteiger partial charge >= 0.3 is 0 Å². The minimum atomic E-state index is -0.0744. The van der Waals surface area contributed by atoms with E-state index in [1.807, 2.05) is 59.2 Å². The maximum absolute atomic E-state index is 12.5. The summed E-state index contributed by atoms with van der Waals surface area (Å²) in [4.78, 5) is 16.9. The van der Waals surface area contributed by atoms with E-state index < -0.39 is 0 Å². The Kier molecular flexibility index (Phi) is 4.29. The summed E-state index contributed by atoms with van der Waals surface area (Å²) in [5.41, 5.74) is 5.77. The van der Waals surface area contributed by atoms with Crippen LogP contribution in [-0.2, 0) is 6.42 Å². The molecule has 0 aliphatic rings. The van der Waals surface area contributed by atoms with Crippen molar-refractivity contribution in [1.29, 1.82) is 0 Å². The molecule has 1 amide bonds. The van der Waals surface area contributed by atoms with Crippen LogP contribution in [-0.4, -0.2) is 32.2 Å². The zero-order valence-electron chi connectivity index (χ0n) is 15.7. The zero-order chi connectivity index (χ0) is 19.6. The van der Waals surface area contributed by atoms with Crippen molar-refractivity contribution in [3.8, 4) is 5.69 Å². The van der Waals surface area contributed by atoms with Crippen molar-refractivity contribution in [3.05, 3.63) is 90.4 Å². The van der Waals surface area contributed by atoms with Crippen LogP contribution in [0.5, 0.6) is 0 Å². The second-order valence-electron chi connectivity index (χ2n) is 6.95. The summed E-state index contributed by atoms with van der Waals surface area (Å²) >= 11 is 0. The standard InChI is InChI=1S/C23H19N5O/c29-23(24-12-11-16-5-6-18-14-26-27-21(18)13-16)17-7-9-19(10-8-17)28-15-25-20-3-1-2-4-22(20)28/h1-10,13-15H,11-12H2,(H,24,29)(H,26,27). The topological polar surface area (TPSA) is 75.6 Å². The molecule has 0 atom stereocenters. The smallest absolute Gasteiger partial charge is 0.251 e. The fourth-order valence-corrected chi connectivity index (χ4v) is 3.50. The van der Waals surface area contributed by atoms with Gasteiger partial charge in [0.15, 0.2) is 0 Å². The number of benzene rings is 3. The van der Waals surface area contributed by atoms with E-state index in [0.29, 0.717) is 12.1 Å². The van der Waals surface area contributed by atoms with Gasteiger partial charge in [-0.15, -0.1) is 0 Å². The molecule has 6 heteroatoms. The molecule has 0 bridgehead atoms. The number of amides is 1. The molecule has 0 fully saturated rings. The van der Waals surface area contributed by atoms with Crippen molar-refractivity contribution in [1.82, 2.24) is 25.1 Å². The molecule has 0 spiro atoms. The summed E-state index contributed by atoms with van der Waals surface area (Å²) in [7, 11) is 0. The van der Waals surface area contributed by atoms with Crippen molar-refractivity contribution < 1.29 is 4.79 Å². The Bertz CT molecular complexity index is 1300. The molecule has 2 N–H and O–H groups in total. The number of carbonyl (C=O) groups is 1. The average molecular weight is 381 g/mol. The molecule has 3 aromatic carbocycles. The number of hydrogen-bond acceptors (Lipinski definition) is 3. The van der Waals surface area contributed by atoms with Gasteiger partial charge < -0.3 is 5.32 Å². The SMILES string of the molecule is O=C(NCCc1ccc2cn[nH]c2c1)c1ccc(-n2cnc3ccccc32)cc1. The van der Waals surface area contributed by atoms with Gasteiger partial charge in [0.25, 0.3) is 5.91 Å². The number of para-hydroxylation sites is 2. The number of imidazole rings is 1. The molecule has 0 saturated heterocycles. The highest BCUT2D eigenvalue weighted by atomic mass is 16.1. The van der Waals surface area contributed by atoms with Gasteiger partial charge in [0.1, 0.15) is 6.33 Å². The van der Waals surface area contributed by atoms with Gasteiger partial charge in [0, 0.05) is 23.2 Å². The Balaban J connectivity index is 1.24. The lowest BCUT2D eigenvalue weighted by Crippen LogP contribution is -2.25. The lowest BCUT2D eigenvalue weighted by Gasteiger charge is -2.08. The number of carbonyl (C=O) groups excluding carboxylic acids is 1. The molecule has 2 aromatic heterocycles. The van der Waals surface area contributed by atoms with Crippen LogP contribution in [0.2, 0.25) is 0 Å². The van der Waals surface area contributed by atoms with Crippen molar-refractivity contribution in [2.24, 2.45) is 0 Å². The van der Waals surface area contributed by atoms with Gasteiger partial charge in [-0.1, -0.05) is 24.3 Å². The monoisotopic (exact) mass is 381 g/mol. The van der Waals surface area contributed by atoms with Crippen LogP contribution in [0.1, 0.15) is 15.9 Å². The first-order chi connectivity index (χ1) is 14.3. The Morgan fingerprint density at radius 1 is 1.03 bits per heavy atom. The molecular weight excluding hydrogens is 362 g/mol. The van der Waals surface area contributed by atoms with Crippen molar-refractivity contribution in [3.63, 3.8) is 0 Å². The largest absolute Gasteiger partial charge is 0.352 e. The predicted molar refractivity (Wildman–Crippen MR) is 113 cm³/mol. The maximum Gasteiger partial charge on any atom is 0.251 e. The number of fused-ring (bicyclic) bond motifs is 2. The van der Waals surface area contributed by atoms with Crippen LogP contribution in [0.25, 0.3) is 27.6 Å². The van der Waals surface area contributed by atoms with E-state index >= 15 is 0 Å². The second kappa shape index (κ2) is 7.24. The third-order valence-electron chi connectivity index (χ3n) is 5.07. The minimum absolute atomic E-state index is 0.0744. The molecule has 142 valence electrons. The van der Waals surface area contributed by atoms with Crippen LogP contribution in [0.3, 0.4) is 0 Å². The highest BCUT2D eigenvalue weighted by Crippen LogP contribution is 2.18. The Hall–Kier alpha value is -3.93. The highest BCUT2D eigenvalue weighted by Gasteiger charge is 2.08. The van der Waals surface area contributed by atoms with Crippen molar-refractivity contribution in [2.45, 2.75) is 6.42 Å². The molecule has 6 nitrogen and oxygen atoms in total. The van der Waals surface area contributed by atoms with E-state index in [4.69, 9.17) is 0 Å². The summed E-state index contributed by atoms with van der Waals surface area (Å²) in [5.74, 6) is -0.0744. The maximum atomic E-state index is 12.5. The van der Waals surface area contributed by atoms with E-state index in [1.165, 1.54) is 0 Å². The third-order valence-corrected chi connectivity index (χ3v) is 5.07. The van der Waals surface area contributed by atoms with Gasteiger partial charge in [0.2, 0.25) is 0 Å². The number of aromatic amines is 1. The molecular formula is C23H19N5O. The van der Waals surface area contributed by atoms with Crippen molar-refractivity contribution >= 4 is 27.8 Å². The third kappa shape index (κ3) is 3.36. The quantitative estimate of drug-likeness (QED) is 0.485. The zero-order valence-corrected chi connectivity index (χ0v) is 15.7. The number of hydrogen-bond donors (Lipinski definition) is 2. The van der Waals surface area contributed by atoms with E-state index in [-0.39, 0.29) is 5.91 Å². The molecule has 0 unspecified atom stereocenters. The number of nitrogens with one attached hydrogen (secondary N) is 2. The van der Waals surface area contributed by atoms with Gasteiger partial charge in [-0.2, -0.15) is 5.10 Å². The first-order valence-corrected chi connectivity index (χ1v) is 9.51. The number of H-pyrrole nitrogens is 1. The van der Waals surface area contributed by atoms with Crippen LogP contribution >= 0.6 is 0 Å². The molecule has 2 heterocycles. The second-order valence-corrected chi connectivity index (χ2v) is 6.95. The van der Waals surface area contributed by atoms with Crippen LogP contribution in [0, 0.1) is 0 Å². The number of nitrogens with zero attached hydrogens (tertiary/aromatic N) is 3. The molecule has 0 radical (unpaired) electrons. The fourth-order valence-electron chi connectivity index (χ4n) is 3.50. The van der Waals surface area contributed by atoms with E-state index in [1.54, 1.807) is 12.5 Å². The lowest BCUT2D eigenvalue weighted by atomic mass is 10.1. The molecule has 0 aliphatic heterocycles. The first kappa shape index (κ1) is 17.2. The highest BCUT2D eigenvalue weighted by molar-refractivity contribution is 5.94.